The van der Waals surface area contributed by atoms with Gasteiger partial charge < -0.3 is 20.7 Å². The van der Waals surface area contributed by atoms with Gasteiger partial charge in [-0.2, -0.15) is 0 Å². The number of hydrogen-bond donors (Lipinski definition) is 3. The lowest BCUT2D eigenvalue weighted by molar-refractivity contribution is -0.123. The molecule has 0 saturated heterocycles. The van der Waals surface area contributed by atoms with E-state index in [1.165, 1.54) is 0 Å². The molecule has 0 aromatic heterocycles. The van der Waals surface area contributed by atoms with Gasteiger partial charge in [0.05, 0.1) is 19.7 Å². The fraction of sp³-hybridized carbons (Fsp3) is 0.467. The minimum absolute atomic E-state index is 0. The number of carbonyl (C=O) groups is 2. The van der Waals surface area contributed by atoms with Gasteiger partial charge in [-0.05, 0) is 24.1 Å². The van der Waals surface area contributed by atoms with E-state index in [2.05, 4.69) is 22.9 Å². The maximum absolute atomic E-state index is 11.7. The summed E-state index contributed by atoms with van der Waals surface area (Å²) in [6.45, 7) is 3.32. The highest BCUT2D eigenvalue weighted by Crippen LogP contribution is 2.10. The second kappa shape index (κ2) is 12.0. The Balaban J connectivity index is 0.00000441. The van der Waals surface area contributed by atoms with Gasteiger partial charge in [-0.15, -0.1) is 12.4 Å². The van der Waals surface area contributed by atoms with Crippen LogP contribution in [0.25, 0.3) is 0 Å². The number of rotatable bonds is 9. The van der Waals surface area contributed by atoms with Gasteiger partial charge in [-0.25, -0.2) is 0 Å². The minimum atomic E-state index is -0.242. The van der Waals surface area contributed by atoms with Gasteiger partial charge in [-0.3, -0.25) is 9.59 Å². The van der Waals surface area contributed by atoms with Gasteiger partial charge in [0.15, 0.2) is 0 Å². The lowest BCUT2D eigenvalue weighted by Gasteiger charge is -2.08. The molecule has 0 radical (unpaired) electrons. The highest BCUT2D eigenvalue weighted by Gasteiger charge is 2.05. The van der Waals surface area contributed by atoms with Crippen LogP contribution in [0.2, 0.25) is 0 Å². The predicted octanol–water partition coefficient (Wildman–Crippen LogP) is 0.961. The van der Waals surface area contributed by atoms with Crippen molar-refractivity contribution in [2.24, 2.45) is 0 Å². The number of nitrogens with one attached hydrogen (secondary N) is 3. The zero-order valence-corrected chi connectivity index (χ0v) is 13.8. The van der Waals surface area contributed by atoms with Crippen molar-refractivity contribution in [2.45, 2.75) is 13.3 Å². The molecule has 0 aliphatic carbocycles. The molecule has 0 aliphatic rings. The fourth-order valence-corrected chi connectivity index (χ4v) is 1.69. The van der Waals surface area contributed by atoms with Crippen molar-refractivity contribution in [3.8, 4) is 0 Å². The SMILES string of the molecule is CCc1cccc(NC(=O)CNC(=O)CNCCOC)c1.Cl. The summed E-state index contributed by atoms with van der Waals surface area (Å²) in [5.41, 5.74) is 1.89. The third-order valence-electron chi connectivity index (χ3n) is 2.83. The van der Waals surface area contributed by atoms with Crippen LogP contribution in [0.1, 0.15) is 12.5 Å². The average molecular weight is 330 g/mol. The Hall–Kier alpha value is -1.63. The van der Waals surface area contributed by atoms with Crippen molar-refractivity contribution in [3.05, 3.63) is 29.8 Å². The summed E-state index contributed by atoms with van der Waals surface area (Å²) in [6.07, 6.45) is 0.910. The van der Waals surface area contributed by atoms with Crippen LogP contribution < -0.4 is 16.0 Å². The van der Waals surface area contributed by atoms with Gasteiger partial charge in [0, 0.05) is 19.3 Å². The molecule has 0 aliphatic heterocycles. The molecule has 1 aromatic rings. The predicted molar refractivity (Wildman–Crippen MR) is 89.5 cm³/mol. The van der Waals surface area contributed by atoms with Gasteiger partial charge >= 0.3 is 0 Å². The summed E-state index contributed by atoms with van der Waals surface area (Å²) in [4.78, 5) is 23.2. The summed E-state index contributed by atoms with van der Waals surface area (Å²) >= 11 is 0. The normalized spacial score (nSPS) is 9.73. The molecule has 124 valence electrons. The number of carbonyl (C=O) groups excluding carboxylic acids is 2. The maximum atomic E-state index is 11.7. The molecule has 0 bridgehead atoms. The topological polar surface area (TPSA) is 79.5 Å². The summed E-state index contributed by atoms with van der Waals surface area (Å²) in [5.74, 6) is -0.461. The summed E-state index contributed by atoms with van der Waals surface area (Å²) < 4.78 is 4.85. The standard InChI is InChI=1S/C15H23N3O3.ClH/c1-3-12-5-4-6-13(9-12)18-15(20)11-17-14(19)10-16-7-8-21-2;/h4-6,9,16H,3,7-8,10-11H2,1-2H3,(H,17,19)(H,18,20);1H. The largest absolute Gasteiger partial charge is 0.383 e. The molecule has 0 spiro atoms. The number of hydrogen-bond acceptors (Lipinski definition) is 4. The molecular formula is C15H24ClN3O3. The number of amides is 2. The Labute approximate surface area is 137 Å². The van der Waals surface area contributed by atoms with Crippen LogP contribution in [0.15, 0.2) is 24.3 Å². The Morgan fingerprint density at radius 1 is 1.18 bits per heavy atom. The molecule has 7 heteroatoms. The Morgan fingerprint density at radius 3 is 2.64 bits per heavy atom. The van der Waals surface area contributed by atoms with Crippen molar-refractivity contribution in [2.75, 3.05) is 38.7 Å². The molecule has 1 aromatic carbocycles. The van der Waals surface area contributed by atoms with E-state index in [0.29, 0.717) is 13.2 Å². The van der Waals surface area contributed by atoms with Crippen molar-refractivity contribution < 1.29 is 14.3 Å². The average Bonchev–Trinajstić information content (AvgIpc) is 2.50. The van der Waals surface area contributed by atoms with E-state index in [0.717, 1.165) is 17.7 Å². The third kappa shape index (κ3) is 8.61. The molecule has 0 unspecified atom stereocenters. The van der Waals surface area contributed by atoms with Gasteiger partial charge in [0.2, 0.25) is 11.8 Å². The van der Waals surface area contributed by atoms with Gasteiger partial charge in [-0.1, -0.05) is 19.1 Å². The number of anilines is 1. The summed E-state index contributed by atoms with van der Waals surface area (Å²) in [7, 11) is 1.60. The second-order valence-corrected chi connectivity index (χ2v) is 4.55. The van der Waals surface area contributed by atoms with Crippen molar-refractivity contribution in [1.82, 2.24) is 10.6 Å². The molecule has 6 nitrogen and oxygen atoms in total. The number of ether oxygens (including phenoxy) is 1. The Bertz CT molecular complexity index is 469. The van der Waals surface area contributed by atoms with E-state index in [1.807, 2.05) is 24.3 Å². The van der Waals surface area contributed by atoms with Crippen LogP contribution >= 0.6 is 12.4 Å². The Morgan fingerprint density at radius 2 is 1.95 bits per heavy atom. The number of benzene rings is 1. The highest BCUT2D eigenvalue weighted by molar-refractivity contribution is 5.94. The van der Waals surface area contributed by atoms with Gasteiger partial charge in [0.25, 0.3) is 0 Å². The zero-order valence-electron chi connectivity index (χ0n) is 13.0. The first kappa shape index (κ1) is 20.4. The van der Waals surface area contributed by atoms with E-state index >= 15 is 0 Å². The summed E-state index contributed by atoms with van der Waals surface area (Å²) in [6, 6.07) is 7.65. The van der Waals surface area contributed by atoms with Crippen LogP contribution in [0.5, 0.6) is 0 Å². The molecule has 0 heterocycles. The molecule has 0 saturated carbocycles. The first-order chi connectivity index (χ1) is 10.2. The van der Waals surface area contributed by atoms with E-state index in [-0.39, 0.29) is 37.3 Å². The summed E-state index contributed by atoms with van der Waals surface area (Å²) in [5, 5.41) is 8.21. The third-order valence-corrected chi connectivity index (χ3v) is 2.83. The maximum Gasteiger partial charge on any atom is 0.243 e. The van der Waals surface area contributed by atoms with Crippen molar-refractivity contribution in [3.63, 3.8) is 0 Å². The van der Waals surface area contributed by atoms with E-state index < -0.39 is 0 Å². The first-order valence-electron chi connectivity index (χ1n) is 7.00. The number of halogens is 1. The lowest BCUT2D eigenvalue weighted by atomic mass is 10.1. The molecule has 3 N–H and O–H groups in total. The first-order valence-corrected chi connectivity index (χ1v) is 7.00. The van der Waals surface area contributed by atoms with Crippen LogP contribution in [-0.2, 0) is 20.7 Å². The van der Waals surface area contributed by atoms with Crippen LogP contribution in [0.3, 0.4) is 0 Å². The van der Waals surface area contributed by atoms with Crippen LogP contribution in [0, 0.1) is 0 Å². The van der Waals surface area contributed by atoms with Gasteiger partial charge in [0.1, 0.15) is 0 Å². The minimum Gasteiger partial charge on any atom is -0.383 e. The van der Waals surface area contributed by atoms with E-state index in [4.69, 9.17) is 4.74 Å². The molecule has 1 rings (SSSR count). The molecular weight excluding hydrogens is 306 g/mol. The monoisotopic (exact) mass is 329 g/mol. The number of methoxy groups -OCH3 is 1. The number of aryl methyl sites for hydroxylation is 1. The van der Waals surface area contributed by atoms with Crippen molar-refractivity contribution >= 4 is 29.9 Å². The van der Waals surface area contributed by atoms with E-state index in [9.17, 15) is 9.59 Å². The molecule has 22 heavy (non-hydrogen) atoms. The zero-order chi connectivity index (χ0) is 15.5. The second-order valence-electron chi connectivity index (χ2n) is 4.55. The van der Waals surface area contributed by atoms with Crippen LogP contribution in [0.4, 0.5) is 5.69 Å². The van der Waals surface area contributed by atoms with Crippen LogP contribution in [-0.4, -0.2) is 45.2 Å². The fourth-order valence-electron chi connectivity index (χ4n) is 1.69. The molecule has 0 atom stereocenters. The molecule has 2 amide bonds. The molecule has 0 fully saturated rings. The quantitative estimate of drug-likeness (QED) is 0.590. The highest BCUT2D eigenvalue weighted by atomic mass is 35.5. The Kier molecular flexibility index (Phi) is 11.1. The van der Waals surface area contributed by atoms with Crippen molar-refractivity contribution in [1.29, 1.82) is 0 Å². The van der Waals surface area contributed by atoms with E-state index in [1.54, 1.807) is 7.11 Å². The smallest absolute Gasteiger partial charge is 0.243 e. The lowest BCUT2D eigenvalue weighted by Crippen LogP contribution is -2.39.